The van der Waals surface area contributed by atoms with E-state index in [1.54, 1.807) is 37.8 Å². The first-order valence-electron chi connectivity index (χ1n) is 13.3. The van der Waals surface area contributed by atoms with E-state index in [2.05, 4.69) is 15.6 Å². The van der Waals surface area contributed by atoms with Crippen molar-refractivity contribution in [2.45, 2.75) is 64.7 Å². The average molecular weight is 536 g/mol. The maximum Gasteiger partial charge on any atom is 0.410 e. The number of rotatable bonds is 8. The highest BCUT2D eigenvalue weighted by molar-refractivity contribution is 6.04. The zero-order valence-electron chi connectivity index (χ0n) is 23.0. The lowest BCUT2D eigenvalue weighted by Crippen LogP contribution is -2.43. The lowest BCUT2D eigenvalue weighted by Gasteiger charge is -2.32. The topological polar surface area (TPSA) is 126 Å². The molecule has 10 nitrogen and oxygen atoms in total. The Balaban J connectivity index is 1.39. The second-order valence-electron chi connectivity index (χ2n) is 10.9. The Morgan fingerprint density at radius 2 is 1.79 bits per heavy atom. The maximum absolute atomic E-state index is 13.0. The van der Waals surface area contributed by atoms with Gasteiger partial charge in [-0.15, -0.1) is 0 Å². The van der Waals surface area contributed by atoms with Crippen LogP contribution in [0.15, 0.2) is 48.5 Å². The molecule has 0 spiro atoms. The van der Waals surface area contributed by atoms with E-state index in [1.807, 2.05) is 43.3 Å². The molecule has 1 aromatic heterocycles. The van der Waals surface area contributed by atoms with Crippen LogP contribution in [0.2, 0.25) is 0 Å². The molecule has 0 aliphatic carbocycles. The van der Waals surface area contributed by atoms with Crippen molar-refractivity contribution < 1.29 is 23.9 Å². The molecule has 0 radical (unpaired) electrons. The van der Waals surface area contributed by atoms with Crippen LogP contribution >= 0.6 is 0 Å². The number of hydrogen-bond donors (Lipinski definition) is 3. The largest absolute Gasteiger partial charge is 0.445 e. The van der Waals surface area contributed by atoms with E-state index < -0.39 is 23.3 Å². The number of H-pyrrole nitrogens is 1. The molecule has 10 heteroatoms. The highest BCUT2D eigenvalue weighted by Crippen LogP contribution is 2.38. The second-order valence-corrected chi connectivity index (χ2v) is 10.9. The highest BCUT2D eigenvalue weighted by Gasteiger charge is 2.44. The summed E-state index contributed by atoms with van der Waals surface area (Å²) in [7, 11) is 0. The van der Waals surface area contributed by atoms with E-state index in [9.17, 15) is 14.4 Å². The zero-order valence-corrected chi connectivity index (χ0v) is 23.0. The van der Waals surface area contributed by atoms with Gasteiger partial charge in [-0.2, -0.15) is 0 Å². The monoisotopic (exact) mass is 535 g/mol. The molecule has 4 rings (SSSR count). The fourth-order valence-electron chi connectivity index (χ4n) is 4.66. The number of alkyl carbamates (subject to hydrolysis) is 1. The summed E-state index contributed by atoms with van der Waals surface area (Å²) in [4.78, 5) is 47.6. The van der Waals surface area contributed by atoms with Gasteiger partial charge in [-0.25, -0.2) is 14.6 Å². The first-order valence-corrected chi connectivity index (χ1v) is 13.3. The van der Waals surface area contributed by atoms with Crippen LogP contribution in [0.5, 0.6) is 0 Å². The van der Waals surface area contributed by atoms with Gasteiger partial charge in [0.05, 0.1) is 11.1 Å². The third-order valence-corrected chi connectivity index (χ3v) is 6.64. The number of carbonyl (C=O) groups is 3. The lowest BCUT2D eigenvalue weighted by atomic mass is 9.98. The van der Waals surface area contributed by atoms with E-state index in [-0.39, 0.29) is 12.5 Å². The Morgan fingerprint density at radius 1 is 1.05 bits per heavy atom. The molecule has 1 saturated heterocycles. The van der Waals surface area contributed by atoms with Crippen LogP contribution in [0, 0.1) is 0 Å². The minimum absolute atomic E-state index is 0.198. The second kappa shape index (κ2) is 11.8. The molecule has 3 aromatic rings. The number of benzene rings is 2. The van der Waals surface area contributed by atoms with Gasteiger partial charge in [-0.3, -0.25) is 9.69 Å². The van der Waals surface area contributed by atoms with Crippen molar-refractivity contribution >= 4 is 29.1 Å². The molecule has 2 aromatic carbocycles. The van der Waals surface area contributed by atoms with Crippen molar-refractivity contribution in [2.75, 3.05) is 19.6 Å². The molecule has 3 N–H and O–H groups in total. The standard InChI is InChI=1S/C29H37N5O5/c1-28(2,3)39-26(36)31-17-10-16-30-24(35)21-13-8-14-22-23(21)33-25(32-22)29(4)15-9-18-34(29)27(37)38-19-20-11-6-5-7-12-20/h5-8,11-14H,9-10,15-19H2,1-4H3,(H,30,35)(H,31,36)(H,32,33)/t29-/m0/s1. The number of amides is 3. The SMILES string of the molecule is CC(C)(C)OC(=O)NCCCNC(=O)c1cccc2[nH]c([C@]3(C)CCCN3C(=O)OCc3ccccc3)nc12. The van der Waals surface area contributed by atoms with Gasteiger partial charge in [0.15, 0.2) is 0 Å². The van der Waals surface area contributed by atoms with Gasteiger partial charge in [-0.1, -0.05) is 36.4 Å². The predicted octanol–water partition coefficient (Wildman–Crippen LogP) is 4.86. The van der Waals surface area contributed by atoms with Crippen molar-refractivity contribution in [1.82, 2.24) is 25.5 Å². The third-order valence-electron chi connectivity index (χ3n) is 6.64. The smallest absolute Gasteiger partial charge is 0.410 e. The van der Waals surface area contributed by atoms with Crippen LogP contribution in [0.1, 0.15) is 68.7 Å². The van der Waals surface area contributed by atoms with Crippen molar-refractivity contribution in [3.8, 4) is 0 Å². The maximum atomic E-state index is 13.0. The van der Waals surface area contributed by atoms with E-state index in [1.165, 1.54) is 0 Å². The summed E-state index contributed by atoms with van der Waals surface area (Å²) in [5.74, 6) is 0.361. The van der Waals surface area contributed by atoms with Crippen LogP contribution in [0.3, 0.4) is 0 Å². The molecule has 208 valence electrons. The molecular weight excluding hydrogens is 498 g/mol. The molecule has 1 atom stereocenters. The van der Waals surface area contributed by atoms with Gasteiger partial charge in [-0.05, 0) is 64.7 Å². The number of carbonyl (C=O) groups excluding carboxylic acids is 3. The molecule has 0 bridgehead atoms. The quantitative estimate of drug-likeness (QED) is 0.354. The number of likely N-dealkylation sites (tertiary alicyclic amines) is 1. The number of hydrogen-bond acceptors (Lipinski definition) is 6. The Kier molecular flexibility index (Phi) is 8.42. The van der Waals surface area contributed by atoms with E-state index in [4.69, 9.17) is 14.5 Å². The van der Waals surface area contributed by atoms with Gasteiger partial charge in [0.2, 0.25) is 0 Å². The fraction of sp³-hybridized carbons (Fsp3) is 0.448. The van der Waals surface area contributed by atoms with Crippen molar-refractivity contribution in [1.29, 1.82) is 0 Å². The summed E-state index contributed by atoms with van der Waals surface area (Å²) >= 11 is 0. The Bertz CT molecular complexity index is 1320. The van der Waals surface area contributed by atoms with E-state index in [0.717, 1.165) is 23.9 Å². The number of aromatic amines is 1. The molecule has 0 unspecified atom stereocenters. The first-order chi connectivity index (χ1) is 18.6. The van der Waals surface area contributed by atoms with Gasteiger partial charge in [0.1, 0.15) is 29.1 Å². The average Bonchev–Trinajstić information content (AvgIpc) is 3.51. The van der Waals surface area contributed by atoms with Crippen LogP contribution in [0.4, 0.5) is 9.59 Å². The van der Waals surface area contributed by atoms with Crippen molar-refractivity contribution in [3.63, 3.8) is 0 Å². The summed E-state index contributed by atoms with van der Waals surface area (Å²) in [5, 5.41) is 5.57. The summed E-state index contributed by atoms with van der Waals surface area (Å²) in [6.07, 6.45) is 1.21. The molecule has 1 fully saturated rings. The predicted molar refractivity (Wildman–Crippen MR) is 147 cm³/mol. The van der Waals surface area contributed by atoms with Gasteiger partial charge in [0, 0.05) is 19.6 Å². The van der Waals surface area contributed by atoms with Crippen LogP contribution in [-0.4, -0.2) is 58.2 Å². The van der Waals surface area contributed by atoms with Gasteiger partial charge in [0.25, 0.3) is 5.91 Å². The van der Waals surface area contributed by atoms with Crippen molar-refractivity contribution in [2.24, 2.45) is 0 Å². The van der Waals surface area contributed by atoms with Crippen LogP contribution < -0.4 is 10.6 Å². The highest BCUT2D eigenvalue weighted by atomic mass is 16.6. The van der Waals surface area contributed by atoms with Gasteiger partial charge >= 0.3 is 12.2 Å². The molecule has 0 saturated carbocycles. The molecule has 2 heterocycles. The lowest BCUT2D eigenvalue weighted by molar-refractivity contribution is 0.0527. The fourth-order valence-corrected chi connectivity index (χ4v) is 4.66. The minimum atomic E-state index is -0.687. The van der Waals surface area contributed by atoms with Crippen LogP contribution in [-0.2, 0) is 21.6 Å². The Morgan fingerprint density at radius 3 is 2.54 bits per heavy atom. The zero-order chi connectivity index (χ0) is 28.0. The number of nitrogens with zero attached hydrogens (tertiary/aromatic N) is 2. The first kappa shape index (κ1) is 27.9. The Hall–Kier alpha value is -4.08. The molecular formula is C29H37N5O5. The summed E-state index contributed by atoms with van der Waals surface area (Å²) in [6.45, 7) is 8.89. The molecule has 1 aliphatic rings. The number of fused-ring (bicyclic) bond motifs is 1. The van der Waals surface area contributed by atoms with E-state index in [0.29, 0.717) is 43.0 Å². The molecule has 1 aliphatic heterocycles. The Labute approximate surface area is 228 Å². The number of aromatic nitrogens is 2. The molecule has 39 heavy (non-hydrogen) atoms. The number of imidazole rings is 1. The number of nitrogens with one attached hydrogen (secondary N) is 3. The number of para-hydroxylation sites is 1. The molecule has 3 amide bonds. The summed E-state index contributed by atoms with van der Waals surface area (Å²) in [6, 6.07) is 15.0. The normalized spacial score (nSPS) is 17.2. The van der Waals surface area contributed by atoms with Crippen LogP contribution in [0.25, 0.3) is 11.0 Å². The third kappa shape index (κ3) is 6.87. The summed E-state index contributed by atoms with van der Waals surface area (Å²) < 4.78 is 10.8. The van der Waals surface area contributed by atoms with Gasteiger partial charge < -0.3 is 25.1 Å². The number of ether oxygens (including phenoxy) is 2. The minimum Gasteiger partial charge on any atom is -0.445 e. The summed E-state index contributed by atoms with van der Waals surface area (Å²) in [5.41, 5.74) is 1.38. The van der Waals surface area contributed by atoms with E-state index >= 15 is 0 Å². The van der Waals surface area contributed by atoms with Crippen molar-refractivity contribution in [3.05, 3.63) is 65.5 Å².